The van der Waals surface area contributed by atoms with Crippen molar-refractivity contribution in [1.29, 1.82) is 0 Å². The van der Waals surface area contributed by atoms with E-state index in [0.29, 0.717) is 31.6 Å². The molecule has 0 atom stereocenters. The van der Waals surface area contributed by atoms with Crippen LogP contribution >= 0.6 is 11.3 Å². The van der Waals surface area contributed by atoms with Crippen molar-refractivity contribution in [3.05, 3.63) is 48.9 Å². The second-order valence-corrected chi connectivity index (χ2v) is 9.73. The van der Waals surface area contributed by atoms with E-state index in [1.54, 1.807) is 24.6 Å². The van der Waals surface area contributed by atoms with Gasteiger partial charge in [0.15, 0.2) is 0 Å². The molecule has 1 aliphatic rings. The minimum atomic E-state index is 0.0432. The predicted molar refractivity (Wildman–Crippen MR) is 138 cm³/mol. The van der Waals surface area contributed by atoms with Gasteiger partial charge >= 0.3 is 0 Å². The summed E-state index contributed by atoms with van der Waals surface area (Å²) >= 11 is 1.61. The number of rotatable bonds is 8. The summed E-state index contributed by atoms with van der Waals surface area (Å²) in [6.07, 6.45) is 7.64. The molecule has 3 aromatic heterocycles. The molecule has 0 unspecified atom stereocenters. The van der Waals surface area contributed by atoms with E-state index >= 15 is 0 Å². The molecule has 0 saturated carbocycles. The molecule has 9 nitrogen and oxygen atoms in total. The van der Waals surface area contributed by atoms with Gasteiger partial charge in [0.1, 0.15) is 10.8 Å². The lowest BCUT2D eigenvalue weighted by Gasteiger charge is -2.31. The standard InChI is InChI=1S/C25H29N7O2S/c1-34-11-8-27-23(33)16-31-9-6-19(7-10-31)32-15-18(14-29-32)17-12-20(24(26)28-13-17)25-30-21-4-2-3-5-22(21)35-25/h2-5,12-15,19H,6-11,16H2,1H3,(H2,26,28)(H,27,33). The number of methoxy groups -OCH3 is 1. The van der Waals surface area contributed by atoms with Crippen LogP contribution in [-0.2, 0) is 9.53 Å². The predicted octanol–water partition coefficient (Wildman–Crippen LogP) is 3.20. The molecular formula is C25H29N7O2S. The summed E-state index contributed by atoms with van der Waals surface area (Å²) in [4.78, 5) is 23.4. The van der Waals surface area contributed by atoms with Crippen molar-refractivity contribution in [2.75, 3.05) is 45.6 Å². The number of nitrogen functional groups attached to an aromatic ring is 1. The summed E-state index contributed by atoms with van der Waals surface area (Å²) < 4.78 is 8.14. The summed E-state index contributed by atoms with van der Waals surface area (Å²) in [6.45, 7) is 3.22. The van der Waals surface area contributed by atoms with E-state index in [-0.39, 0.29) is 5.91 Å². The Hall–Kier alpha value is -3.34. The van der Waals surface area contributed by atoms with Crippen LogP contribution in [0.1, 0.15) is 18.9 Å². The molecule has 4 aromatic rings. The third-order valence-corrected chi connectivity index (χ3v) is 7.37. The first-order chi connectivity index (χ1) is 17.1. The van der Waals surface area contributed by atoms with Gasteiger partial charge in [0.25, 0.3) is 0 Å². The van der Waals surface area contributed by atoms with Crippen LogP contribution in [0.2, 0.25) is 0 Å². The molecule has 0 aliphatic carbocycles. The minimum absolute atomic E-state index is 0.0432. The number of thiazole rings is 1. The largest absolute Gasteiger partial charge is 0.383 e. The van der Waals surface area contributed by atoms with Gasteiger partial charge in [0.2, 0.25) is 5.91 Å². The first-order valence-electron chi connectivity index (χ1n) is 11.7. The van der Waals surface area contributed by atoms with E-state index in [4.69, 9.17) is 15.5 Å². The van der Waals surface area contributed by atoms with Crippen LogP contribution in [0.5, 0.6) is 0 Å². The molecule has 1 saturated heterocycles. The molecule has 0 bridgehead atoms. The van der Waals surface area contributed by atoms with Crippen molar-refractivity contribution in [3.8, 4) is 21.7 Å². The van der Waals surface area contributed by atoms with E-state index in [0.717, 1.165) is 57.8 Å². The number of hydrogen-bond donors (Lipinski definition) is 2. The van der Waals surface area contributed by atoms with Gasteiger partial charge in [-0.25, -0.2) is 9.97 Å². The normalized spacial score (nSPS) is 15.0. The minimum Gasteiger partial charge on any atom is -0.383 e. The molecular weight excluding hydrogens is 462 g/mol. The number of hydrogen-bond acceptors (Lipinski definition) is 8. The zero-order chi connectivity index (χ0) is 24.2. The van der Waals surface area contributed by atoms with Crippen LogP contribution in [0, 0.1) is 0 Å². The lowest BCUT2D eigenvalue weighted by molar-refractivity contribution is -0.122. The van der Waals surface area contributed by atoms with Crippen LogP contribution in [0.15, 0.2) is 48.9 Å². The number of para-hydroxylation sites is 1. The molecule has 10 heteroatoms. The number of aromatic nitrogens is 4. The average molecular weight is 492 g/mol. The Bertz CT molecular complexity index is 1280. The molecule has 1 aromatic carbocycles. The van der Waals surface area contributed by atoms with Gasteiger partial charge in [0.05, 0.1) is 41.2 Å². The molecule has 0 radical (unpaired) electrons. The van der Waals surface area contributed by atoms with Crippen molar-refractivity contribution in [2.24, 2.45) is 0 Å². The molecule has 0 spiro atoms. The zero-order valence-corrected chi connectivity index (χ0v) is 20.5. The number of pyridine rings is 1. The van der Waals surface area contributed by atoms with Gasteiger partial charge in [-0.3, -0.25) is 14.4 Å². The Morgan fingerprint density at radius 2 is 2.06 bits per heavy atom. The average Bonchev–Trinajstić information content (AvgIpc) is 3.53. The second kappa shape index (κ2) is 10.5. The maximum atomic E-state index is 12.1. The molecule has 5 rings (SSSR count). The number of carbonyl (C=O) groups excluding carboxylic acids is 1. The molecule has 4 heterocycles. The topological polar surface area (TPSA) is 111 Å². The van der Waals surface area contributed by atoms with Gasteiger partial charge < -0.3 is 15.8 Å². The Labute approximate surface area is 207 Å². The van der Waals surface area contributed by atoms with Gasteiger partial charge in [-0.1, -0.05) is 12.1 Å². The van der Waals surface area contributed by atoms with Crippen molar-refractivity contribution in [3.63, 3.8) is 0 Å². The fraction of sp³-hybridized carbons (Fsp3) is 0.360. The summed E-state index contributed by atoms with van der Waals surface area (Å²) in [5.74, 6) is 0.514. The Morgan fingerprint density at radius 3 is 2.86 bits per heavy atom. The summed E-state index contributed by atoms with van der Waals surface area (Å²) in [7, 11) is 1.63. The van der Waals surface area contributed by atoms with E-state index < -0.39 is 0 Å². The molecule has 1 fully saturated rings. The zero-order valence-electron chi connectivity index (χ0n) is 19.7. The van der Waals surface area contributed by atoms with Gasteiger partial charge in [-0.15, -0.1) is 11.3 Å². The second-order valence-electron chi connectivity index (χ2n) is 8.70. The lowest BCUT2D eigenvalue weighted by Crippen LogP contribution is -2.42. The number of nitrogens with one attached hydrogen (secondary N) is 1. The highest BCUT2D eigenvalue weighted by atomic mass is 32.1. The highest BCUT2D eigenvalue weighted by molar-refractivity contribution is 7.21. The maximum Gasteiger partial charge on any atom is 0.234 e. The Balaban J connectivity index is 1.25. The van der Waals surface area contributed by atoms with Gasteiger partial charge in [-0.2, -0.15) is 5.10 Å². The number of amides is 1. The third-order valence-electron chi connectivity index (χ3n) is 6.30. The number of nitrogens with zero attached hydrogens (tertiary/aromatic N) is 5. The Kier molecular flexibility index (Phi) is 7.03. The number of carbonyl (C=O) groups is 1. The van der Waals surface area contributed by atoms with E-state index in [9.17, 15) is 4.79 Å². The van der Waals surface area contributed by atoms with E-state index in [1.165, 1.54) is 0 Å². The first kappa shape index (κ1) is 23.4. The quantitative estimate of drug-likeness (QED) is 0.364. The number of nitrogens with two attached hydrogens (primary N) is 1. The van der Waals surface area contributed by atoms with E-state index in [1.807, 2.05) is 35.1 Å². The molecule has 3 N–H and O–H groups in total. The van der Waals surface area contributed by atoms with Crippen LogP contribution in [0.4, 0.5) is 5.82 Å². The first-order valence-corrected chi connectivity index (χ1v) is 12.6. The van der Waals surface area contributed by atoms with Crippen LogP contribution in [0.3, 0.4) is 0 Å². The number of ether oxygens (including phenoxy) is 1. The SMILES string of the molecule is COCCNC(=O)CN1CCC(n2cc(-c3cnc(N)c(-c4nc5ccccc5s4)c3)cn2)CC1. The third kappa shape index (κ3) is 5.34. The van der Waals surface area contributed by atoms with Crippen LogP contribution < -0.4 is 11.1 Å². The number of benzene rings is 1. The smallest absolute Gasteiger partial charge is 0.234 e. The molecule has 1 aliphatic heterocycles. The number of anilines is 1. The maximum absolute atomic E-state index is 12.1. The van der Waals surface area contributed by atoms with Crippen LogP contribution in [0.25, 0.3) is 31.9 Å². The van der Waals surface area contributed by atoms with Crippen molar-refractivity contribution >= 4 is 33.3 Å². The van der Waals surface area contributed by atoms with Gasteiger partial charge in [-0.05, 0) is 31.0 Å². The molecule has 35 heavy (non-hydrogen) atoms. The number of piperidine rings is 1. The highest BCUT2D eigenvalue weighted by Gasteiger charge is 2.23. The number of fused-ring (bicyclic) bond motifs is 1. The van der Waals surface area contributed by atoms with Crippen LogP contribution in [-0.4, -0.2) is 70.5 Å². The van der Waals surface area contributed by atoms with Crippen molar-refractivity contribution in [1.82, 2.24) is 30.0 Å². The summed E-state index contributed by atoms with van der Waals surface area (Å²) in [6, 6.07) is 10.4. The summed E-state index contributed by atoms with van der Waals surface area (Å²) in [5.41, 5.74) is 9.99. The van der Waals surface area contributed by atoms with E-state index in [2.05, 4.69) is 32.6 Å². The monoisotopic (exact) mass is 491 g/mol. The lowest BCUT2D eigenvalue weighted by atomic mass is 10.0. The highest BCUT2D eigenvalue weighted by Crippen LogP contribution is 2.35. The Morgan fingerprint density at radius 1 is 1.23 bits per heavy atom. The van der Waals surface area contributed by atoms with Gasteiger partial charge in [0, 0.05) is 50.3 Å². The van der Waals surface area contributed by atoms with Crippen molar-refractivity contribution < 1.29 is 9.53 Å². The fourth-order valence-electron chi connectivity index (χ4n) is 4.37. The van der Waals surface area contributed by atoms with Crippen molar-refractivity contribution in [2.45, 2.75) is 18.9 Å². The fourth-order valence-corrected chi connectivity index (χ4v) is 5.36. The molecule has 182 valence electrons. The number of likely N-dealkylation sites (tertiary alicyclic amines) is 1. The molecule has 1 amide bonds. The summed E-state index contributed by atoms with van der Waals surface area (Å²) in [5, 5.41) is 8.39.